The number of nitrogens with one attached hydrogen (secondary N) is 2. The van der Waals surface area contributed by atoms with Gasteiger partial charge >= 0.3 is 5.97 Å². The van der Waals surface area contributed by atoms with E-state index in [0.29, 0.717) is 16.9 Å². The number of carboxylic acids is 1. The van der Waals surface area contributed by atoms with E-state index in [9.17, 15) is 14.7 Å². The smallest absolute Gasteiger partial charge is 0.327 e. The molecule has 8 heteroatoms. The number of fused-ring (bicyclic) bond motifs is 1. The van der Waals surface area contributed by atoms with E-state index in [1.54, 1.807) is 30.6 Å². The summed E-state index contributed by atoms with van der Waals surface area (Å²) in [5, 5.41) is 12.3. The second-order valence-corrected chi connectivity index (χ2v) is 8.25. The number of aromatic amines is 1. The molecular weight excluding hydrogens is 424 g/mol. The van der Waals surface area contributed by atoms with Crippen molar-refractivity contribution in [2.24, 2.45) is 0 Å². The van der Waals surface area contributed by atoms with Gasteiger partial charge in [0, 0.05) is 34.2 Å². The van der Waals surface area contributed by atoms with Crippen LogP contribution in [0.15, 0.2) is 71.9 Å². The highest BCUT2D eigenvalue weighted by Crippen LogP contribution is 2.24. The lowest BCUT2D eigenvalue weighted by Crippen LogP contribution is -2.42. The summed E-state index contributed by atoms with van der Waals surface area (Å²) in [4.78, 5) is 37.3. The molecule has 3 N–H and O–H groups in total. The van der Waals surface area contributed by atoms with E-state index in [-0.39, 0.29) is 5.75 Å². The maximum Gasteiger partial charge on any atom is 0.327 e. The third kappa shape index (κ3) is 4.81. The van der Waals surface area contributed by atoms with E-state index in [1.165, 1.54) is 11.8 Å². The second kappa shape index (κ2) is 9.65. The summed E-state index contributed by atoms with van der Waals surface area (Å²) >= 11 is 1.43. The topological polar surface area (TPSA) is 108 Å². The van der Waals surface area contributed by atoms with Crippen molar-refractivity contribution in [3.05, 3.63) is 78.1 Å². The highest BCUT2D eigenvalue weighted by molar-refractivity contribution is 7.99. The van der Waals surface area contributed by atoms with Crippen LogP contribution in [0.5, 0.6) is 0 Å². The van der Waals surface area contributed by atoms with Crippen LogP contribution in [0.1, 0.15) is 22.8 Å². The highest BCUT2D eigenvalue weighted by Gasteiger charge is 2.22. The Labute approximate surface area is 189 Å². The minimum atomic E-state index is -1.07. The number of imidazole rings is 1. The van der Waals surface area contributed by atoms with E-state index in [1.807, 2.05) is 36.4 Å². The van der Waals surface area contributed by atoms with Crippen LogP contribution in [0.3, 0.4) is 0 Å². The van der Waals surface area contributed by atoms with Crippen LogP contribution in [0.2, 0.25) is 0 Å². The van der Waals surface area contributed by atoms with Crippen molar-refractivity contribution in [1.29, 1.82) is 0 Å². The molecule has 4 aromatic rings. The molecule has 0 saturated heterocycles. The summed E-state index contributed by atoms with van der Waals surface area (Å²) in [5.41, 5.74) is 3.82. The first kappa shape index (κ1) is 21.6. The monoisotopic (exact) mass is 446 g/mol. The van der Waals surface area contributed by atoms with Crippen LogP contribution < -0.4 is 5.32 Å². The van der Waals surface area contributed by atoms with Crippen LogP contribution >= 0.6 is 11.8 Å². The van der Waals surface area contributed by atoms with Crippen molar-refractivity contribution in [2.75, 3.05) is 5.75 Å². The maximum atomic E-state index is 12.8. The number of H-pyrrole nitrogens is 1. The predicted octanol–water partition coefficient (Wildman–Crippen LogP) is 4.16. The van der Waals surface area contributed by atoms with Crippen LogP contribution in [0.4, 0.5) is 0 Å². The number of rotatable bonds is 8. The van der Waals surface area contributed by atoms with Gasteiger partial charge in [-0.25, -0.2) is 9.78 Å². The summed E-state index contributed by atoms with van der Waals surface area (Å²) in [7, 11) is 0. The second-order valence-electron chi connectivity index (χ2n) is 7.19. The molecular formula is C24H22N4O3S. The molecule has 1 unspecified atom stereocenters. The number of nitrogens with zero attached hydrogens (tertiary/aromatic N) is 2. The minimum Gasteiger partial charge on any atom is -0.480 e. The van der Waals surface area contributed by atoms with Crippen molar-refractivity contribution in [1.82, 2.24) is 20.3 Å². The van der Waals surface area contributed by atoms with Crippen molar-refractivity contribution >= 4 is 34.7 Å². The van der Waals surface area contributed by atoms with E-state index in [2.05, 4.69) is 27.2 Å². The molecule has 4 rings (SSSR count). The Bertz CT molecular complexity index is 1260. The largest absolute Gasteiger partial charge is 0.480 e. The molecule has 0 aliphatic rings. The van der Waals surface area contributed by atoms with E-state index in [4.69, 9.17) is 0 Å². The average molecular weight is 447 g/mol. The molecule has 0 fully saturated rings. The molecule has 7 nitrogen and oxygen atoms in total. The van der Waals surface area contributed by atoms with Gasteiger partial charge in [-0.15, -0.1) is 11.8 Å². The molecule has 0 radical (unpaired) electrons. The zero-order valence-corrected chi connectivity index (χ0v) is 18.2. The number of hydrogen-bond acceptors (Lipinski definition) is 5. The zero-order valence-electron chi connectivity index (χ0n) is 17.4. The number of aryl methyl sites for hydroxylation is 1. The fourth-order valence-corrected chi connectivity index (χ4v) is 4.47. The van der Waals surface area contributed by atoms with Crippen LogP contribution in [-0.2, 0) is 11.2 Å². The Balaban J connectivity index is 1.49. The number of carbonyl (C=O) groups excluding carboxylic acids is 1. The third-order valence-corrected chi connectivity index (χ3v) is 6.27. The third-order valence-electron chi connectivity index (χ3n) is 5.06. The lowest BCUT2D eigenvalue weighted by atomic mass is 10.1. The van der Waals surface area contributed by atoms with Crippen molar-refractivity contribution < 1.29 is 14.7 Å². The molecule has 2 heterocycles. The van der Waals surface area contributed by atoms with Gasteiger partial charge in [-0.3, -0.25) is 9.78 Å². The number of benzene rings is 2. The molecule has 1 amide bonds. The van der Waals surface area contributed by atoms with Gasteiger partial charge in [-0.1, -0.05) is 25.1 Å². The lowest BCUT2D eigenvalue weighted by Gasteiger charge is -2.15. The van der Waals surface area contributed by atoms with Gasteiger partial charge in [0.1, 0.15) is 11.9 Å². The van der Waals surface area contributed by atoms with Gasteiger partial charge in [0.15, 0.2) is 0 Å². The fourth-order valence-electron chi connectivity index (χ4n) is 3.32. The van der Waals surface area contributed by atoms with Gasteiger partial charge in [-0.2, -0.15) is 0 Å². The van der Waals surface area contributed by atoms with Gasteiger partial charge < -0.3 is 15.4 Å². The molecule has 0 aliphatic carbocycles. The molecule has 162 valence electrons. The Kier molecular flexibility index (Phi) is 6.51. The maximum absolute atomic E-state index is 12.8. The molecule has 0 spiro atoms. The Hall–Kier alpha value is -3.65. The highest BCUT2D eigenvalue weighted by atomic mass is 32.2. The molecule has 0 bridgehead atoms. The first-order chi connectivity index (χ1) is 15.5. The number of pyridine rings is 1. The van der Waals surface area contributed by atoms with Crippen LogP contribution in [0.25, 0.3) is 22.4 Å². The number of thioether (sulfide) groups is 1. The quantitative estimate of drug-likeness (QED) is 0.351. The van der Waals surface area contributed by atoms with Crippen molar-refractivity contribution in [3.8, 4) is 11.4 Å². The Morgan fingerprint density at radius 1 is 1.12 bits per heavy atom. The Morgan fingerprint density at radius 2 is 1.91 bits per heavy atom. The molecule has 2 aromatic carbocycles. The molecule has 0 aliphatic heterocycles. The minimum absolute atomic E-state index is 0.233. The van der Waals surface area contributed by atoms with Crippen LogP contribution in [-0.4, -0.2) is 43.7 Å². The number of amides is 1. The van der Waals surface area contributed by atoms with Gasteiger partial charge in [-0.05, 0) is 48.4 Å². The number of carbonyl (C=O) groups is 2. The van der Waals surface area contributed by atoms with Crippen molar-refractivity contribution in [3.63, 3.8) is 0 Å². The van der Waals surface area contributed by atoms with E-state index in [0.717, 1.165) is 28.0 Å². The summed E-state index contributed by atoms with van der Waals surface area (Å²) < 4.78 is 0. The first-order valence-electron chi connectivity index (χ1n) is 10.2. The SMILES string of the molecule is CCc1ccccc1SCC(NC(=O)c1ccc2nc(-c3ccncc3)[nH]c2c1)C(=O)O. The summed E-state index contributed by atoms with van der Waals surface area (Å²) in [6.45, 7) is 2.06. The van der Waals surface area contributed by atoms with E-state index >= 15 is 0 Å². The van der Waals surface area contributed by atoms with Gasteiger partial charge in [0.25, 0.3) is 5.91 Å². The summed E-state index contributed by atoms with van der Waals surface area (Å²) in [6, 6.07) is 15.6. The number of aliphatic carboxylic acids is 1. The zero-order chi connectivity index (χ0) is 22.5. The molecule has 32 heavy (non-hydrogen) atoms. The summed E-state index contributed by atoms with van der Waals surface area (Å²) in [5.74, 6) is -0.600. The number of hydrogen-bond donors (Lipinski definition) is 3. The average Bonchev–Trinajstić information content (AvgIpc) is 3.25. The molecule has 1 atom stereocenters. The number of aromatic nitrogens is 3. The first-order valence-corrected chi connectivity index (χ1v) is 11.2. The van der Waals surface area contributed by atoms with Gasteiger partial charge in [0.2, 0.25) is 0 Å². The van der Waals surface area contributed by atoms with Gasteiger partial charge in [0.05, 0.1) is 11.0 Å². The molecule has 2 aromatic heterocycles. The number of carboxylic acid groups (broad SMARTS) is 1. The summed E-state index contributed by atoms with van der Waals surface area (Å²) in [6.07, 6.45) is 4.23. The van der Waals surface area contributed by atoms with Crippen LogP contribution in [0, 0.1) is 0 Å². The fraction of sp³-hybridized carbons (Fsp3) is 0.167. The predicted molar refractivity (Wildman–Crippen MR) is 125 cm³/mol. The lowest BCUT2D eigenvalue weighted by molar-refractivity contribution is -0.138. The Morgan fingerprint density at radius 3 is 2.66 bits per heavy atom. The van der Waals surface area contributed by atoms with E-state index < -0.39 is 17.9 Å². The normalized spacial score (nSPS) is 11.9. The van der Waals surface area contributed by atoms with Crippen molar-refractivity contribution in [2.45, 2.75) is 24.3 Å². The molecule has 0 saturated carbocycles. The standard InChI is InChI=1S/C24H22N4O3S/c1-2-15-5-3-4-6-21(15)32-14-20(24(30)31)28-23(29)17-7-8-18-19(13-17)27-22(26-18)16-9-11-25-12-10-16/h3-13,20H,2,14H2,1H3,(H,26,27)(H,28,29)(H,30,31).